The van der Waals surface area contributed by atoms with Crippen LogP contribution in [0, 0.1) is 0 Å². The molecule has 5 heteroatoms. The second-order valence-electron chi connectivity index (χ2n) is 5.28. The van der Waals surface area contributed by atoms with E-state index in [1.165, 1.54) is 0 Å². The summed E-state index contributed by atoms with van der Waals surface area (Å²) in [4.78, 5) is 12.2. The highest BCUT2D eigenvalue weighted by Crippen LogP contribution is 2.12. The van der Waals surface area contributed by atoms with E-state index in [4.69, 9.17) is 0 Å². The molecule has 0 atom stereocenters. The lowest BCUT2D eigenvalue weighted by Gasteiger charge is -2.05. The van der Waals surface area contributed by atoms with Gasteiger partial charge in [-0.3, -0.25) is 4.79 Å². The van der Waals surface area contributed by atoms with Crippen LogP contribution in [0.2, 0.25) is 0 Å². The molecule has 0 aliphatic heterocycles. The molecule has 1 aromatic heterocycles. The van der Waals surface area contributed by atoms with Crippen LogP contribution in [0.15, 0.2) is 82.6 Å². The Morgan fingerprint density at radius 2 is 1.54 bits per heavy atom. The smallest absolute Gasteiger partial charge is 0.271 e. The second kappa shape index (κ2) is 7.27. The number of aromatic nitrogens is 1. The van der Waals surface area contributed by atoms with Gasteiger partial charge < -0.3 is 4.57 Å². The quantitative estimate of drug-likeness (QED) is 0.528. The van der Waals surface area contributed by atoms with Crippen molar-refractivity contribution in [2.45, 2.75) is 6.92 Å². The van der Waals surface area contributed by atoms with Crippen molar-refractivity contribution in [2.75, 3.05) is 0 Å². The summed E-state index contributed by atoms with van der Waals surface area (Å²) in [5.74, 6) is -0.231. The number of rotatable bonds is 4. The fourth-order valence-corrected chi connectivity index (χ4v) is 2.51. The summed E-state index contributed by atoms with van der Waals surface area (Å²) in [5, 5.41) is 4.17. The number of carbonyl (C=O) groups excluding carboxylic acids is 1. The molecule has 0 aliphatic carbocycles. The number of amides is 1. The standard InChI is InChI=1S/C19H16BrN3O/c1-14(15-4-8-17(20)9-5-15)21-22-19(24)16-6-10-18(11-7-16)23-12-2-3-13-23/h2-13H,1H3,(H,22,24)/b21-14+. The molecule has 1 heterocycles. The van der Waals surface area contributed by atoms with Gasteiger partial charge in [-0.15, -0.1) is 0 Å². The normalized spacial score (nSPS) is 11.3. The van der Waals surface area contributed by atoms with Crippen LogP contribution in [0.1, 0.15) is 22.8 Å². The lowest BCUT2D eigenvalue weighted by Crippen LogP contribution is -2.19. The molecule has 1 N–H and O–H groups in total. The first-order valence-corrected chi connectivity index (χ1v) is 8.27. The van der Waals surface area contributed by atoms with E-state index in [-0.39, 0.29) is 5.91 Å². The van der Waals surface area contributed by atoms with E-state index in [2.05, 4.69) is 26.5 Å². The van der Waals surface area contributed by atoms with Gasteiger partial charge in [-0.2, -0.15) is 5.10 Å². The Balaban J connectivity index is 1.68. The highest BCUT2D eigenvalue weighted by Gasteiger charge is 2.05. The Labute approximate surface area is 149 Å². The third kappa shape index (κ3) is 3.81. The molecule has 0 bridgehead atoms. The van der Waals surface area contributed by atoms with Crippen LogP contribution >= 0.6 is 15.9 Å². The van der Waals surface area contributed by atoms with Gasteiger partial charge in [0.15, 0.2) is 0 Å². The van der Waals surface area contributed by atoms with E-state index in [1.807, 2.05) is 72.4 Å². The average Bonchev–Trinajstić information content (AvgIpc) is 3.15. The van der Waals surface area contributed by atoms with Crippen LogP contribution in [0.5, 0.6) is 0 Å². The molecule has 0 aliphatic rings. The minimum Gasteiger partial charge on any atom is -0.324 e. The van der Waals surface area contributed by atoms with E-state index in [9.17, 15) is 4.79 Å². The molecule has 0 saturated heterocycles. The molecular weight excluding hydrogens is 366 g/mol. The number of halogens is 1. The van der Waals surface area contributed by atoms with Crippen LogP contribution < -0.4 is 5.43 Å². The van der Waals surface area contributed by atoms with E-state index in [1.54, 1.807) is 12.1 Å². The highest BCUT2D eigenvalue weighted by atomic mass is 79.9. The van der Waals surface area contributed by atoms with Crippen molar-refractivity contribution in [3.63, 3.8) is 0 Å². The summed E-state index contributed by atoms with van der Waals surface area (Å²) >= 11 is 3.40. The minimum atomic E-state index is -0.231. The fraction of sp³-hybridized carbons (Fsp3) is 0.0526. The van der Waals surface area contributed by atoms with Gasteiger partial charge in [-0.1, -0.05) is 28.1 Å². The maximum atomic E-state index is 12.2. The van der Waals surface area contributed by atoms with Crippen LogP contribution in [-0.4, -0.2) is 16.2 Å². The first-order valence-electron chi connectivity index (χ1n) is 7.47. The summed E-state index contributed by atoms with van der Waals surface area (Å²) in [5.41, 5.74) is 5.88. The molecule has 0 radical (unpaired) electrons. The van der Waals surface area contributed by atoms with Crippen molar-refractivity contribution >= 4 is 27.5 Å². The number of hydrogen-bond acceptors (Lipinski definition) is 2. The predicted octanol–water partition coefficient (Wildman–Crippen LogP) is 4.39. The van der Waals surface area contributed by atoms with Crippen molar-refractivity contribution in [1.29, 1.82) is 0 Å². The zero-order chi connectivity index (χ0) is 16.9. The molecule has 2 aromatic carbocycles. The molecule has 0 spiro atoms. The van der Waals surface area contributed by atoms with Crippen LogP contribution in [0.3, 0.4) is 0 Å². The van der Waals surface area contributed by atoms with Crippen molar-refractivity contribution in [2.24, 2.45) is 5.10 Å². The highest BCUT2D eigenvalue weighted by molar-refractivity contribution is 9.10. The van der Waals surface area contributed by atoms with Gasteiger partial charge in [0.2, 0.25) is 0 Å². The molecule has 0 unspecified atom stereocenters. The molecule has 3 aromatic rings. The van der Waals surface area contributed by atoms with Gasteiger partial charge in [-0.25, -0.2) is 5.43 Å². The van der Waals surface area contributed by atoms with Crippen molar-refractivity contribution < 1.29 is 4.79 Å². The molecule has 1 amide bonds. The van der Waals surface area contributed by atoms with Gasteiger partial charge in [0.25, 0.3) is 5.91 Å². The second-order valence-corrected chi connectivity index (χ2v) is 6.20. The number of nitrogens with zero attached hydrogens (tertiary/aromatic N) is 2. The summed E-state index contributed by atoms with van der Waals surface area (Å²) in [6.07, 6.45) is 3.92. The van der Waals surface area contributed by atoms with Gasteiger partial charge in [0.05, 0.1) is 5.71 Å². The Morgan fingerprint density at radius 1 is 0.958 bits per heavy atom. The average molecular weight is 382 g/mol. The molecule has 24 heavy (non-hydrogen) atoms. The molecular formula is C19H16BrN3O. The van der Waals surface area contributed by atoms with E-state index in [0.29, 0.717) is 5.56 Å². The lowest BCUT2D eigenvalue weighted by atomic mass is 10.1. The predicted molar refractivity (Wildman–Crippen MR) is 99.6 cm³/mol. The van der Waals surface area contributed by atoms with Crippen molar-refractivity contribution in [1.82, 2.24) is 9.99 Å². The zero-order valence-corrected chi connectivity index (χ0v) is 14.7. The summed E-state index contributed by atoms with van der Waals surface area (Å²) in [7, 11) is 0. The number of nitrogens with one attached hydrogen (secondary N) is 1. The lowest BCUT2D eigenvalue weighted by molar-refractivity contribution is 0.0955. The summed E-state index contributed by atoms with van der Waals surface area (Å²) in [6, 6.07) is 19.1. The minimum absolute atomic E-state index is 0.231. The van der Waals surface area contributed by atoms with E-state index in [0.717, 1.165) is 21.4 Å². The van der Waals surface area contributed by atoms with Gasteiger partial charge >= 0.3 is 0 Å². The Hall–Kier alpha value is -2.66. The first-order chi connectivity index (χ1) is 11.6. The van der Waals surface area contributed by atoms with Crippen molar-refractivity contribution in [3.05, 3.63) is 88.7 Å². The SMILES string of the molecule is C/C(=N\NC(=O)c1ccc(-n2cccc2)cc1)c1ccc(Br)cc1. The van der Waals surface area contributed by atoms with Gasteiger partial charge in [0, 0.05) is 28.1 Å². The number of benzene rings is 2. The van der Waals surface area contributed by atoms with Crippen LogP contribution in [-0.2, 0) is 0 Å². The topological polar surface area (TPSA) is 46.4 Å². The molecule has 120 valence electrons. The maximum Gasteiger partial charge on any atom is 0.271 e. The van der Waals surface area contributed by atoms with E-state index >= 15 is 0 Å². The fourth-order valence-electron chi connectivity index (χ4n) is 2.25. The first kappa shape index (κ1) is 16.2. The molecule has 0 fully saturated rings. The molecule has 3 rings (SSSR count). The largest absolute Gasteiger partial charge is 0.324 e. The Kier molecular flexibility index (Phi) is 4.91. The van der Waals surface area contributed by atoms with Crippen molar-refractivity contribution in [3.8, 4) is 5.69 Å². The number of carbonyl (C=O) groups is 1. The summed E-state index contributed by atoms with van der Waals surface area (Å²) < 4.78 is 2.99. The third-order valence-corrected chi connectivity index (χ3v) is 4.15. The van der Waals surface area contributed by atoms with Gasteiger partial charge in [-0.05, 0) is 61.0 Å². The van der Waals surface area contributed by atoms with E-state index < -0.39 is 0 Å². The number of hydrazone groups is 1. The zero-order valence-electron chi connectivity index (χ0n) is 13.1. The monoisotopic (exact) mass is 381 g/mol. The van der Waals surface area contributed by atoms with Crippen LogP contribution in [0.4, 0.5) is 0 Å². The third-order valence-electron chi connectivity index (χ3n) is 3.62. The summed E-state index contributed by atoms with van der Waals surface area (Å²) in [6.45, 7) is 1.86. The Morgan fingerprint density at radius 3 is 2.17 bits per heavy atom. The Bertz CT molecular complexity index is 851. The van der Waals surface area contributed by atoms with Gasteiger partial charge in [0.1, 0.15) is 0 Å². The maximum absolute atomic E-state index is 12.2. The molecule has 4 nitrogen and oxygen atoms in total. The number of hydrogen-bond donors (Lipinski definition) is 1. The van der Waals surface area contributed by atoms with Crippen LogP contribution in [0.25, 0.3) is 5.69 Å². The molecule has 0 saturated carbocycles.